The molecular formula is C24H32N6O3S. The van der Waals surface area contributed by atoms with Gasteiger partial charge in [-0.1, -0.05) is 36.4 Å². The Labute approximate surface area is 201 Å². The van der Waals surface area contributed by atoms with Crippen molar-refractivity contribution in [2.45, 2.75) is 39.6 Å². The predicted octanol–water partition coefficient (Wildman–Crippen LogP) is 2.34. The number of aromatic nitrogens is 3. The van der Waals surface area contributed by atoms with Crippen LogP contribution in [0.25, 0.3) is 22.2 Å². The molecule has 0 saturated carbocycles. The smallest absolute Gasteiger partial charge is 0.282 e. The second kappa shape index (κ2) is 9.35. The van der Waals surface area contributed by atoms with Crippen molar-refractivity contribution in [3.05, 3.63) is 48.3 Å². The van der Waals surface area contributed by atoms with Gasteiger partial charge in [-0.05, 0) is 37.6 Å². The van der Waals surface area contributed by atoms with Crippen LogP contribution in [-0.2, 0) is 21.6 Å². The summed E-state index contributed by atoms with van der Waals surface area (Å²) in [6.45, 7) is 9.32. The maximum absolute atomic E-state index is 13.2. The molecule has 0 unspecified atom stereocenters. The number of hydrogen-bond donors (Lipinski definition) is 0. The third kappa shape index (κ3) is 4.73. The predicted molar refractivity (Wildman–Crippen MR) is 131 cm³/mol. The number of nitrogens with zero attached hydrogens (tertiary/aromatic N) is 6. The summed E-state index contributed by atoms with van der Waals surface area (Å²) in [7, 11) is -3.49. The summed E-state index contributed by atoms with van der Waals surface area (Å²) in [5.74, 6) is 1.55. The van der Waals surface area contributed by atoms with Gasteiger partial charge in [0.25, 0.3) is 10.2 Å². The van der Waals surface area contributed by atoms with Crippen LogP contribution >= 0.6 is 0 Å². The van der Waals surface area contributed by atoms with Gasteiger partial charge in [0.05, 0.1) is 18.9 Å². The lowest BCUT2D eigenvalue weighted by Crippen LogP contribution is -2.57. The molecule has 1 aromatic heterocycles. The SMILES string of the molecule is Cc1nc(-c2ccc3ccccc3c2)n(CN2CCN(S(=O)(=O)N3C[C@H](C)O[C@@H](C)C3)CC2)n1. The van der Waals surface area contributed by atoms with E-state index in [2.05, 4.69) is 45.3 Å². The number of benzene rings is 2. The summed E-state index contributed by atoms with van der Waals surface area (Å²) in [4.78, 5) is 6.91. The third-order valence-electron chi connectivity index (χ3n) is 6.49. The number of piperazine rings is 1. The maximum Gasteiger partial charge on any atom is 0.282 e. The molecule has 2 atom stereocenters. The molecule has 0 spiro atoms. The zero-order valence-corrected chi connectivity index (χ0v) is 20.8. The number of ether oxygens (including phenoxy) is 1. The Hall–Kier alpha value is -2.37. The first-order chi connectivity index (χ1) is 16.3. The molecule has 34 heavy (non-hydrogen) atoms. The normalized spacial score (nSPS) is 23.5. The highest BCUT2D eigenvalue weighted by atomic mass is 32.2. The summed E-state index contributed by atoms with van der Waals surface area (Å²) in [6.07, 6.45) is -0.187. The van der Waals surface area contributed by atoms with Crippen molar-refractivity contribution in [3.8, 4) is 11.4 Å². The molecule has 182 valence electrons. The summed E-state index contributed by atoms with van der Waals surface area (Å²) in [5.41, 5.74) is 1.02. The molecule has 2 saturated heterocycles. The minimum Gasteiger partial charge on any atom is -0.373 e. The Kier molecular flexibility index (Phi) is 6.43. The van der Waals surface area contributed by atoms with Crippen LogP contribution in [0.1, 0.15) is 19.7 Å². The highest BCUT2D eigenvalue weighted by molar-refractivity contribution is 7.86. The average Bonchev–Trinajstić information content (AvgIpc) is 3.18. The van der Waals surface area contributed by atoms with Crippen LogP contribution in [0.2, 0.25) is 0 Å². The lowest BCUT2D eigenvalue weighted by atomic mass is 10.1. The molecule has 0 aliphatic carbocycles. The quantitative estimate of drug-likeness (QED) is 0.553. The second-order valence-electron chi connectivity index (χ2n) is 9.28. The van der Waals surface area contributed by atoms with Crippen LogP contribution in [0.5, 0.6) is 0 Å². The number of hydrogen-bond acceptors (Lipinski definition) is 6. The van der Waals surface area contributed by atoms with Gasteiger partial charge >= 0.3 is 0 Å². The molecule has 9 nitrogen and oxygen atoms in total. The summed E-state index contributed by atoms with van der Waals surface area (Å²) in [5, 5.41) is 6.98. The first-order valence-corrected chi connectivity index (χ1v) is 13.2. The van der Waals surface area contributed by atoms with Gasteiger partial charge in [0, 0.05) is 44.8 Å². The lowest BCUT2D eigenvalue weighted by Gasteiger charge is -2.40. The molecule has 0 N–H and O–H groups in total. The molecule has 2 aliphatic heterocycles. The second-order valence-corrected chi connectivity index (χ2v) is 11.2. The fourth-order valence-electron chi connectivity index (χ4n) is 4.87. The fraction of sp³-hybridized carbons (Fsp3) is 0.500. The van der Waals surface area contributed by atoms with E-state index in [1.165, 1.54) is 5.39 Å². The Morgan fingerprint density at radius 1 is 0.941 bits per heavy atom. The van der Waals surface area contributed by atoms with Crippen molar-refractivity contribution in [3.63, 3.8) is 0 Å². The van der Waals surface area contributed by atoms with E-state index in [-0.39, 0.29) is 12.2 Å². The van der Waals surface area contributed by atoms with Crippen LogP contribution in [-0.4, -0.2) is 88.2 Å². The van der Waals surface area contributed by atoms with Crippen molar-refractivity contribution in [1.29, 1.82) is 0 Å². The monoisotopic (exact) mass is 484 g/mol. The highest BCUT2D eigenvalue weighted by Gasteiger charge is 2.36. The molecule has 0 amide bonds. The molecule has 3 aromatic rings. The van der Waals surface area contributed by atoms with Crippen molar-refractivity contribution in [1.82, 2.24) is 28.3 Å². The zero-order chi connectivity index (χ0) is 23.9. The van der Waals surface area contributed by atoms with Gasteiger partial charge in [-0.25, -0.2) is 9.67 Å². The zero-order valence-electron chi connectivity index (χ0n) is 20.0. The standard InChI is InChI=1S/C24H32N6O3S/c1-18-15-29(16-19(2)33-18)34(31,32)28-12-10-27(11-13-28)17-30-24(25-20(3)26-30)23-9-8-21-6-4-5-7-22(21)14-23/h4-9,14,18-19H,10-13,15-17H2,1-3H3/t18-,19-/m0/s1. The lowest BCUT2D eigenvalue weighted by molar-refractivity contribution is -0.0458. The number of aryl methyl sites for hydroxylation is 1. The van der Waals surface area contributed by atoms with Crippen molar-refractivity contribution in [2.24, 2.45) is 0 Å². The van der Waals surface area contributed by atoms with Gasteiger partial charge in [-0.3, -0.25) is 4.90 Å². The van der Waals surface area contributed by atoms with Crippen molar-refractivity contribution in [2.75, 3.05) is 39.3 Å². The molecule has 5 rings (SSSR count). The molecule has 0 bridgehead atoms. The van der Waals surface area contributed by atoms with E-state index in [0.717, 1.165) is 22.6 Å². The van der Waals surface area contributed by atoms with E-state index < -0.39 is 10.2 Å². The molecule has 3 heterocycles. The molecule has 0 radical (unpaired) electrons. The maximum atomic E-state index is 13.2. The van der Waals surface area contributed by atoms with E-state index in [4.69, 9.17) is 4.74 Å². The Morgan fingerprint density at radius 3 is 2.32 bits per heavy atom. The van der Waals surface area contributed by atoms with Crippen molar-refractivity contribution < 1.29 is 13.2 Å². The van der Waals surface area contributed by atoms with E-state index in [0.29, 0.717) is 45.9 Å². The summed E-state index contributed by atoms with van der Waals surface area (Å²) in [6, 6.07) is 14.6. The molecular weight excluding hydrogens is 452 g/mol. The van der Waals surface area contributed by atoms with Gasteiger partial charge < -0.3 is 4.74 Å². The minimum absolute atomic E-state index is 0.0936. The van der Waals surface area contributed by atoms with Crippen LogP contribution in [0.3, 0.4) is 0 Å². The van der Waals surface area contributed by atoms with E-state index >= 15 is 0 Å². The van der Waals surface area contributed by atoms with E-state index in [9.17, 15) is 8.42 Å². The Bertz CT molecular complexity index is 1260. The summed E-state index contributed by atoms with van der Waals surface area (Å²) < 4.78 is 37.2. The number of rotatable bonds is 5. The van der Waals surface area contributed by atoms with E-state index in [1.54, 1.807) is 8.61 Å². The van der Waals surface area contributed by atoms with Crippen LogP contribution in [0, 0.1) is 6.92 Å². The molecule has 2 aliphatic rings. The Balaban J connectivity index is 1.27. The van der Waals surface area contributed by atoms with Gasteiger partial charge in [0.2, 0.25) is 0 Å². The van der Waals surface area contributed by atoms with Crippen LogP contribution in [0.4, 0.5) is 0 Å². The van der Waals surface area contributed by atoms with Gasteiger partial charge in [0.1, 0.15) is 5.82 Å². The van der Waals surface area contributed by atoms with Gasteiger partial charge in [-0.15, -0.1) is 0 Å². The van der Waals surface area contributed by atoms with E-state index in [1.807, 2.05) is 37.6 Å². The van der Waals surface area contributed by atoms with Gasteiger partial charge in [-0.2, -0.15) is 22.1 Å². The average molecular weight is 485 g/mol. The largest absolute Gasteiger partial charge is 0.373 e. The minimum atomic E-state index is -3.49. The van der Waals surface area contributed by atoms with Crippen LogP contribution in [0.15, 0.2) is 42.5 Å². The number of morpholine rings is 1. The molecule has 10 heteroatoms. The molecule has 2 fully saturated rings. The van der Waals surface area contributed by atoms with Crippen LogP contribution < -0.4 is 0 Å². The highest BCUT2D eigenvalue weighted by Crippen LogP contribution is 2.24. The first-order valence-electron chi connectivity index (χ1n) is 11.8. The summed E-state index contributed by atoms with van der Waals surface area (Å²) >= 11 is 0. The molecule has 2 aromatic carbocycles. The third-order valence-corrected chi connectivity index (χ3v) is 8.46. The fourth-order valence-corrected chi connectivity index (χ4v) is 6.62. The van der Waals surface area contributed by atoms with Crippen molar-refractivity contribution >= 4 is 21.0 Å². The Morgan fingerprint density at radius 2 is 1.62 bits per heavy atom. The van der Waals surface area contributed by atoms with Gasteiger partial charge in [0.15, 0.2) is 5.82 Å². The first kappa shape index (κ1) is 23.4. The topological polar surface area (TPSA) is 83.8 Å². The number of fused-ring (bicyclic) bond motifs is 1.